The molecule has 0 aliphatic heterocycles. The van der Waals surface area contributed by atoms with Crippen LogP contribution in [-0.2, 0) is 13.0 Å². The Kier molecular flexibility index (Phi) is 5.66. The minimum Gasteiger partial charge on any atom is -0.370 e. The molecule has 0 aliphatic rings. The molecule has 114 valence electrons. The fourth-order valence-corrected chi connectivity index (χ4v) is 2.14. The molecule has 6 nitrogen and oxygen atoms in total. The predicted molar refractivity (Wildman–Crippen MR) is 84.1 cm³/mol. The summed E-state index contributed by atoms with van der Waals surface area (Å²) in [5, 5.41) is 11.5. The quantitative estimate of drug-likeness (QED) is 0.809. The second-order valence-corrected chi connectivity index (χ2v) is 5.07. The van der Waals surface area contributed by atoms with Crippen molar-refractivity contribution in [2.24, 2.45) is 0 Å². The molecule has 6 heteroatoms. The first-order valence-electron chi connectivity index (χ1n) is 7.79. The van der Waals surface area contributed by atoms with Crippen molar-refractivity contribution in [3.05, 3.63) is 18.1 Å². The van der Waals surface area contributed by atoms with Crippen LogP contribution in [0.25, 0.3) is 11.4 Å². The first kappa shape index (κ1) is 15.4. The Balaban J connectivity index is 2.36. The van der Waals surface area contributed by atoms with E-state index in [4.69, 9.17) is 0 Å². The summed E-state index contributed by atoms with van der Waals surface area (Å²) in [6.07, 6.45) is 5.77. The number of hydrogen-bond acceptors (Lipinski definition) is 5. The number of rotatable bonds is 8. The number of nitrogens with zero attached hydrogens (tertiary/aromatic N) is 5. The summed E-state index contributed by atoms with van der Waals surface area (Å²) in [7, 11) is 0. The highest BCUT2D eigenvalue weighted by molar-refractivity contribution is 5.58. The molecule has 0 saturated heterocycles. The zero-order valence-corrected chi connectivity index (χ0v) is 13.1. The molecule has 21 heavy (non-hydrogen) atoms. The van der Waals surface area contributed by atoms with Gasteiger partial charge in [-0.1, -0.05) is 26.0 Å². The summed E-state index contributed by atoms with van der Waals surface area (Å²) >= 11 is 0. The second-order valence-electron chi connectivity index (χ2n) is 5.07. The van der Waals surface area contributed by atoms with Gasteiger partial charge in [0.15, 0.2) is 0 Å². The molecule has 0 unspecified atom stereocenters. The number of aromatic nitrogens is 5. The molecule has 0 amide bonds. The SMILES string of the molecule is CCCNc1cc(-c2cnnn2CCC)nc(CCC)n1. The van der Waals surface area contributed by atoms with Crippen LogP contribution in [-0.4, -0.2) is 31.5 Å². The van der Waals surface area contributed by atoms with Crippen LogP contribution in [0.2, 0.25) is 0 Å². The van der Waals surface area contributed by atoms with Gasteiger partial charge in [-0.2, -0.15) is 0 Å². The van der Waals surface area contributed by atoms with Crippen molar-refractivity contribution in [1.82, 2.24) is 25.0 Å². The van der Waals surface area contributed by atoms with Gasteiger partial charge < -0.3 is 5.32 Å². The minimum absolute atomic E-state index is 0.847. The lowest BCUT2D eigenvalue weighted by Crippen LogP contribution is -2.08. The Bertz CT molecular complexity index is 563. The topological polar surface area (TPSA) is 68.5 Å². The first-order valence-corrected chi connectivity index (χ1v) is 7.79. The molecule has 0 atom stereocenters. The number of nitrogens with one attached hydrogen (secondary N) is 1. The highest BCUT2D eigenvalue weighted by atomic mass is 15.4. The highest BCUT2D eigenvalue weighted by Crippen LogP contribution is 2.19. The van der Waals surface area contributed by atoms with Crippen LogP contribution >= 0.6 is 0 Å². The van der Waals surface area contributed by atoms with Crippen molar-refractivity contribution in [3.8, 4) is 11.4 Å². The van der Waals surface area contributed by atoms with Crippen LogP contribution in [0.3, 0.4) is 0 Å². The summed E-state index contributed by atoms with van der Waals surface area (Å²) in [6, 6.07) is 1.99. The molecular formula is C15H24N6. The van der Waals surface area contributed by atoms with Gasteiger partial charge in [-0.15, -0.1) is 5.10 Å². The molecule has 2 rings (SSSR count). The summed E-state index contributed by atoms with van der Waals surface area (Å²) in [4.78, 5) is 9.24. The molecule has 2 heterocycles. The Morgan fingerprint density at radius 3 is 2.67 bits per heavy atom. The predicted octanol–water partition coefficient (Wildman–Crippen LogP) is 2.92. The van der Waals surface area contributed by atoms with Gasteiger partial charge in [-0.3, -0.25) is 0 Å². The molecule has 2 aromatic rings. The van der Waals surface area contributed by atoms with E-state index in [0.717, 1.165) is 61.8 Å². The molecular weight excluding hydrogens is 264 g/mol. The second kappa shape index (κ2) is 7.71. The largest absolute Gasteiger partial charge is 0.370 e. The lowest BCUT2D eigenvalue weighted by molar-refractivity contribution is 0.583. The molecule has 2 aromatic heterocycles. The third kappa shape index (κ3) is 4.00. The Hall–Kier alpha value is -1.98. The van der Waals surface area contributed by atoms with Gasteiger partial charge in [-0.25, -0.2) is 14.6 Å². The van der Waals surface area contributed by atoms with Crippen LogP contribution in [0.1, 0.15) is 45.9 Å². The molecule has 0 saturated carbocycles. The Morgan fingerprint density at radius 1 is 1.10 bits per heavy atom. The fraction of sp³-hybridized carbons (Fsp3) is 0.600. The average molecular weight is 288 g/mol. The van der Waals surface area contributed by atoms with Crippen molar-refractivity contribution in [2.45, 2.75) is 53.0 Å². The zero-order chi connectivity index (χ0) is 15.1. The van der Waals surface area contributed by atoms with E-state index < -0.39 is 0 Å². The molecule has 0 aliphatic carbocycles. The lowest BCUT2D eigenvalue weighted by atomic mass is 10.2. The van der Waals surface area contributed by atoms with Gasteiger partial charge in [0.2, 0.25) is 0 Å². The van der Waals surface area contributed by atoms with Crippen LogP contribution < -0.4 is 5.32 Å². The van der Waals surface area contributed by atoms with Gasteiger partial charge in [0.25, 0.3) is 0 Å². The summed E-state index contributed by atoms with van der Waals surface area (Å²) in [5.74, 6) is 1.76. The third-order valence-corrected chi connectivity index (χ3v) is 3.12. The molecule has 0 fully saturated rings. The van der Waals surface area contributed by atoms with E-state index in [1.807, 2.05) is 10.7 Å². The monoisotopic (exact) mass is 288 g/mol. The van der Waals surface area contributed by atoms with Gasteiger partial charge in [0.1, 0.15) is 17.3 Å². The Morgan fingerprint density at radius 2 is 1.95 bits per heavy atom. The first-order chi connectivity index (χ1) is 10.3. The van der Waals surface area contributed by atoms with Gasteiger partial charge >= 0.3 is 0 Å². The maximum absolute atomic E-state index is 4.66. The third-order valence-electron chi connectivity index (χ3n) is 3.12. The van der Waals surface area contributed by atoms with Crippen LogP contribution in [0.5, 0.6) is 0 Å². The van der Waals surface area contributed by atoms with E-state index in [9.17, 15) is 0 Å². The van der Waals surface area contributed by atoms with E-state index in [1.54, 1.807) is 6.20 Å². The lowest BCUT2D eigenvalue weighted by Gasteiger charge is -2.10. The number of hydrogen-bond donors (Lipinski definition) is 1. The van der Waals surface area contributed by atoms with Crippen LogP contribution in [0.4, 0.5) is 5.82 Å². The van der Waals surface area contributed by atoms with Crippen molar-refractivity contribution >= 4 is 5.82 Å². The number of anilines is 1. The van der Waals surface area contributed by atoms with E-state index in [2.05, 4.69) is 46.4 Å². The minimum atomic E-state index is 0.847. The van der Waals surface area contributed by atoms with E-state index >= 15 is 0 Å². The molecule has 0 radical (unpaired) electrons. The highest BCUT2D eigenvalue weighted by Gasteiger charge is 2.11. The van der Waals surface area contributed by atoms with Gasteiger partial charge in [-0.05, 0) is 19.3 Å². The van der Waals surface area contributed by atoms with Crippen LogP contribution in [0, 0.1) is 0 Å². The van der Waals surface area contributed by atoms with Gasteiger partial charge in [0, 0.05) is 25.6 Å². The van der Waals surface area contributed by atoms with E-state index in [-0.39, 0.29) is 0 Å². The standard InChI is InChI=1S/C15H24N6/c1-4-7-14-18-12(10-15(19-14)16-8-5-2)13-11-17-20-21(13)9-6-3/h10-11H,4-9H2,1-3H3,(H,16,18,19). The molecule has 0 bridgehead atoms. The molecule has 1 N–H and O–H groups in total. The maximum Gasteiger partial charge on any atom is 0.131 e. The smallest absolute Gasteiger partial charge is 0.131 e. The van der Waals surface area contributed by atoms with Gasteiger partial charge in [0.05, 0.1) is 11.9 Å². The summed E-state index contributed by atoms with van der Waals surface area (Å²) in [5.41, 5.74) is 1.85. The maximum atomic E-state index is 4.66. The van der Waals surface area contributed by atoms with E-state index in [1.165, 1.54) is 0 Å². The van der Waals surface area contributed by atoms with Crippen molar-refractivity contribution in [1.29, 1.82) is 0 Å². The Labute approximate surface area is 126 Å². The van der Waals surface area contributed by atoms with Crippen LogP contribution in [0.15, 0.2) is 12.3 Å². The van der Waals surface area contributed by atoms with Crippen molar-refractivity contribution < 1.29 is 0 Å². The number of aryl methyl sites for hydroxylation is 2. The van der Waals surface area contributed by atoms with E-state index in [0.29, 0.717) is 0 Å². The molecule has 0 aromatic carbocycles. The summed E-state index contributed by atoms with van der Waals surface area (Å²) < 4.78 is 1.90. The van der Waals surface area contributed by atoms with Crippen molar-refractivity contribution in [3.63, 3.8) is 0 Å². The molecule has 0 spiro atoms. The fourth-order valence-electron chi connectivity index (χ4n) is 2.14. The normalized spacial score (nSPS) is 10.8. The average Bonchev–Trinajstić information content (AvgIpc) is 2.94. The summed E-state index contributed by atoms with van der Waals surface area (Å²) in [6.45, 7) is 8.16. The zero-order valence-electron chi connectivity index (χ0n) is 13.1. The van der Waals surface area contributed by atoms with Crippen molar-refractivity contribution in [2.75, 3.05) is 11.9 Å².